The van der Waals surface area contributed by atoms with Crippen LogP contribution in [0.4, 0.5) is 14.5 Å². The Balaban J connectivity index is 2.23. The van der Waals surface area contributed by atoms with Crippen LogP contribution in [0.2, 0.25) is 0 Å². The summed E-state index contributed by atoms with van der Waals surface area (Å²) in [7, 11) is 0. The normalized spacial score (nSPS) is 10.3. The van der Waals surface area contributed by atoms with Crippen molar-refractivity contribution in [3.05, 3.63) is 63.6 Å². The summed E-state index contributed by atoms with van der Waals surface area (Å²) in [5, 5.41) is 2.44. The van der Waals surface area contributed by atoms with Gasteiger partial charge in [-0.1, -0.05) is 15.9 Å². The van der Waals surface area contributed by atoms with Crippen LogP contribution < -0.4 is 5.32 Å². The van der Waals surface area contributed by atoms with Gasteiger partial charge in [-0.2, -0.15) is 0 Å². The summed E-state index contributed by atoms with van der Waals surface area (Å²) in [6.45, 7) is 1.56. The highest BCUT2D eigenvalue weighted by Gasteiger charge is 2.10. The lowest BCUT2D eigenvalue weighted by atomic mass is 10.1. The first-order chi connectivity index (χ1) is 8.97. The third kappa shape index (κ3) is 3.17. The molecule has 0 aromatic heterocycles. The number of anilines is 1. The standard InChI is InChI=1S/C14H10BrF2NO/c1-8-6-9(2-4-11(8)16)14(19)18-13-5-3-10(15)7-12(13)17/h2-7H,1H3,(H,18,19). The first-order valence-electron chi connectivity index (χ1n) is 5.50. The van der Waals surface area contributed by atoms with Crippen molar-refractivity contribution >= 4 is 27.5 Å². The van der Waals surface area contributed by atoms with Gasteiger partial charge < -0.3 is 5.32 Å². The Bertz CT molecular complexity index is 643. The predicted octanol–water partition coefficient (Wildman–Crippen LogP) is 4.29. The fourth-order valence-electron chi connectivity index (χ4n) is 1.57. The van der Waals surface area contributed by atoms with E-state index in [0.29, 0.717) is 10.0 Å². The van der Waals surface area contributed by atoms with E-state index in [2.05, 4.69) is 21.2 Å². The molecular formula is C14H10BrF2NO. The predicted molar refractivity (Wildman–Crippen MR) is 73.2 cm³/mol. The molecule has 2 rings (SSSR count). The average molecular weight is 326 g/mol. The van der Waals surface area contributed by atoms with Gasteiger partial charge in [-0.3, -0.25) is 4.79 Å². The highest BCUT2D eigenvalue weighted by atomic mass is 79.9. The summed E-state index contributed by atoms with van der Waals surface area (Å²) in [4.78, 5) is 11.9. The monoisotopic (exact) mass is 325 g/mol. The lowest BCUT2D eigenvalue weighted by Gasteiger charge is -2.07. The lowest BCUT2D eigenvalue weighted by molar-refractivity contribution is 0.102. The molecule has 98 valence electrons. The third-order valence-electron chi connectivity index (χ3n) is 2.60. The molecule has 0 unspecified atom stereocenters. The zero-order valence-electron chi connectivity index (χ0n) is 10.0. The van der Waals surface area contributed by atoms with Gasteiger partial charge in [0.1, 0.15) is 11.6 Å². The van der Waals surface area contributed by atoms with Crippen LogP contribution in [0.15, 0.2) is 40.9 Å². The second kappa shape index (κ2) is 5.48. The number of rotatable bonds is 2. The van der Waals surface area contributed by atoms with Crippen LogP contribution in [0.1, 0.15) is 15.9 Å². The Morgan fingerprint density at radius 1 is 1.11 bits per heavy atom. The molecule has 0 bridgehead atoms. The van der Waals surface area contributed by atoms with Gasteiger partial charge in [0.2, 0.25) is 0 Å². The van der Waals surface area contributed by atoms with Gasteiger partial charge >= 0.3 is 0 Å². The second-order valence-corrected chi connectivity index (χ2v) is 4.96. The highest BCUT2D eigenvalue weighted by Crippen LogP contribution is 2.20. The maximum atomic E-state index is 13.6. The minimum Gasteiger partial charge on any atom is -0.319 e. The molecule has 0 aliphatic heterocycles. The van der Waals surface area contributed by atoms with Crippen LogP contribution in [0.25, 0.3) is 0 Å². The van der Waals surface area contributed by atoms with E-state index in [1.54, 1.807) is 13.0 Å². The van der Waals surface area contributed by atoms with Gasteiger partial charge in [-0.05, 0) is 48.9 Å². The van der Waals surface area contributed by atoms with Gasteiger partial charge in [-0.25, -0.2) is 8.78 Å². The largest absolute Gasteiger partial charge is 0.319 e. The molecular weight excluding hydrogens is 316 g/mol. The van der Waals surface area contributed by atoms with Crippen LogP contribution in [0.5, 0.6) is 0 Å². The Labute approximate surface area is 117 Å². The van der Waals surface area contributed by atoms with Crippen molar-refractivity contribution in [1.82, 2.24) is 0 Å². The summed E-state index contributed by atoms with van der Waals surface area (Å²) in [6.07, 6.45) is 0. The molecule has 0 radical (unpaired) electrons. The minimum absolute atomic E-state index is 0.0789. The van der Waals surface area contributed by atoms with Crippen molar-refractivity contribution in [2.24, 2.45) is 0 Å². The molecule has 2 nitrogen and oxygen atoms in total. The number of carbonyl (C=O) groups excluding carboxylic acids is 1. The molecule has 1 amide bonds. The highest BCUT2D eigenvalue weighted by molar-refractivity contribution is 9.10. The van der Waals surface area contributed by atoms with E-state index in [-0.39, 0.29) is 17.1 Å². The maximum absolute atomic E-state index is 13.6. The average Bonchev–Trinajstić information content (AvgIpc) is 2.36. The maximum Gasteiger partial charge on any atom is 0.255 e. The summed E-state index contributed by atoms with van der Waals surface area (Å²) in [5.41, 5.74) is 0.723. The van der Waals surface area contributed by atoms with Crippen molar-refractivity contribution in [2.45, 2.75) is 6.92 Å². The Kier molecular flexibility index (Phi) is 3.95. The van der Waals surface area contributed by atoms with Crippen LogP contribution in [0, 0.1) is 18.6 Å². The molecule has 5 heteroatoms. The van der Waals surface area contributed by atoms with E-state index in [4.69, 9.17) is 0 Å². The van der Waals surface area contributed by atoms with Gasteiger partial charge in [0, 0.05) is 10.0 Å². The number of hydrogen-bond donors (Lipinski definition) is 1. The van der Waals surface area contributed by atoms with E-state index < -0.39 is 11.7 Å². The molecule has 0 aliphatic rings. The fraction of sp³-hybridized carbons (Fsp3) is 0.0714. The summed E-state index contributed by atoms with van der Waals surface area (Å²) in [5.74, 6) is -1.41. The molecule has 0 spiro atoms. The SMILES string of the molecule is Cc1cc(C(=O)Nc2ccc(Br)cc2F)ccc1F. The molecule has 0 saturated heterocycles. The first kappa shape index (κ1) is 13.7. The molecule has 0 saturated carbocycles. The minimum atomic E-state index is -0.540. The zero-order valence-corrected chi connectivity index (χ0v) is 11.6. The topological polar surface area (TPSA) is 29.1 Å². The van der Waals surface area contributed by atoms with Crippen molar-refractivity contribution in [2.75, 3.05) is 5.32 Å². The molecule has 0 atom stereocenters. The molecule has 0 heterocycles. The van der Waals surface area contributed by atoms with Crippen LogP contribution >= 0.6 is 15.9 Å². The molecule has 19 heavy (non-hydrogen) atoms. The number of hydrogen-bond acceptors (Lipinski definition) is 1. The number of carbonyl (C=O) groups is 1. The van der Waals surface area contributed by atoms with Crippen molar-refractivity contribution in [3.63, 3.8) is 0 Å². The fourth-order valence-corrected chi connectivity index (χ4v) is 1.90. The third-order valence-corrected chi connectivity index (χ3v) is 3.09. The molecule has 1 N–H and O–H groups in total. The van der Waals surface area contributed by atoms with Gasteiger partial charge in [0.15, 0.2) is 0 Å². The quantitative estimate of drug-likeness (QED) is 0.876. The summed E-state index contributed by atoms with van der Waals surface area (Å²) >= 11 is 3.13. The number of amides is 1. The van der Waals surface area contributed by atoms with Gasteiger partial charge in [0.05, 0.1) is 5.69 Å². The smallest absolute Gasteiger partial charge is 0.255 e. The van der Waals surface area contributed by atoms with E-state index in [9.17, 15) is 13.6 Å². The second-order valence-electron chi connectivity index (χ2n) is 4.04. The Morgan fingerprint density at radius 3 is 2.47 bits per heavy atom. The van der Waals surface area contributed by atoms with Crippen LogP contribution in [-0.2, 0) is 0 Å². The Morgan fingerprint density at radius 2 is 1.84 bits per heavy atom. The van der Waals surface area contributed by atoms with Crippen LogP contribution in [-0.4, -0.2) is 5.91 Å². The first-order valence-corrected chi connectivity index (χ1v) is 6.29. The van der Waals surface area contributed by atoms with E-state index in [1.807, 2.05) is 0 Å². The number of nitrogens with one attached hydrogen (secondary N) is 1. The number of halogens is 3. The summed E-state index contributed by atoms with van der Waals surface area (Å²) < 4.78 is 27.2. The van der Waals surface area contributed by atoms with E-state index in [0.717, 1.165) is 0 Å². The molecule has 2 aromatic carbocycles. The van der Waals surface area contributed by atoms with E-state index in [1.165, 1.54) is 30.3 Å². The zero-order chi connectivity index (χ0) is 14.0. The number of aryl methyl sites for hydroxylation is 1. The number of benzene rings is 2. The van der Waals surface area contributed by atoms with Crippen molar-refractivity contribution in [3.8, 4) is 0 Å². The molecule has 0 aliphatic carbocycles. The van der Waals surface area contributed by atoms with Crippen molar-refractivity contribution < 1.29 is 13.6 Å². The Hall–Kier alpha value is -1.75. The van der Waals surface area contributed by atoms with E-state index >= 15 is 0 Å². The molecule has 2 aromatic rings. The lowest BCUT2D eigenvalue weighted by Crippen LogP contribution is -2.13. The summed E-state index contributed by atoms with van der Waals surface area (Å²) in [6, 6.07) is 8.31. The van der Waals surface area contributed by atoms with Gasteiger partial charge in [0.25, 0.3) is 5.91 Å². The van der Waals surface area contributed by atoms with Gasteiger partial charge in [-0.15, -0.1) is 0 Å². The van der Waals surface area contributed by atoms with Crippen molar-refractivity contribution in [1.29, 1.82) is 0 Å². The molecule has 0 fully saturated rings. The van der Waals surface area contributed by atoms with Crippen LogP contribution in [0.3, 0.4) is 0 Å².